The van der Waals surface area contributed by atoms with Crippen LogP contribution in [0.4, 0.5) is 0 Å². The first-order chi connectivity index (χ1) is 17.6. The summed E-state index contributed by atoms with van der Waals surface area (Å²) < 4.78 is 5.16. The van der Waals surface area contributed by atoms with Crippen molar-refractivity contribution in [2.24, 2.45) is 5.92 Å². The lowest BCUT2D eigenvalue weighted by atomic mass is 9.91. The van der Waals surface area contributed by atoms with Gasteiger partial charge in [-0.2, -0.15) is 0 Å². The molecule has 0 aliphatic carbocycles. The van der Waals surface area contributed by atoms with Gasteiger partial charge in [-0.1, -0.05) is 63.8 Å². The molecule has 0 radical (unpaired) electrons. The highest BCUT2D eigenvalue weighted by molar-refractivity contribution is 8.77. The van der Waals surface area contributed by atoms with Gasteiger partial charge in [0.25, 0.3) is 0 Å². The van der Waals surface area contributed by atoms with Gasteiger partial charge in [-0.15, -0.1) is 22.7 Å². The number of thiophene rings is 1. The van der Waals surface area contributed by atoms with E-state index < -0.39 is 27.7 Å². The molecule has 1 aliphatic rings. The molecular weight excluding hydrogens is 617 g/mol. The van der Waals surface area contributed by atoms with Crippen LogP contribution in [0.5, 0.6) is 0 Å². The predicted molar refractivity (Wildman–Crippen MR) is 153 cm³/mol. The minimum absolute atomic E-state index is 0.172. The van der Waals surface area contributed by atoms with E-state index in [1.54, 1.807) is 24.5 Å². The Kier molecular flexibility index (Phi) is 9.71. The van der Waals surface area contributed by atoms with Crippen LogP contribution in [0.1, 0.15) is 11.8 Å². The van der Waals surface area contributed by atoms with E-state index >= 15 is 0 Å². The maximum atomic E-state index is 13.1. The lowest BCUT2D eigenvalue weighted by Crippen LogP contribution is -2.61. The summed E-state index contributed by atoms with van der Waals surface area (Å²) in [5.41, 5.74) is 1.58. The zero-order chi connectivity index (χ0) is 26.6. The number of benzene rings is 1. The van der Waals surface area contributed by atoms with Crippen LogP contribution in [-0.4, -0.2) is 50.0 Å². The topological polar surface area (TPSA) is 88.6 Å². The molecule has 2 amide bonds. The number of hydrogen-bond acceptors (Lipinski definition) is 9. The quantitative estimate of drug-likeness (QED) is 0.125. The van der Waals surface area contributed by atoms with Gasteiger partial charge in [0.2, 0.25) is 15.6 Å². The van der Waals surface area contributed by atoms with Gasteiger partial charge in [0.1, 0.15) is 18.5 Å². The molecule has 4 rings (SSSR count). The largest absolute Gasteiger partial charge is 0.460 e. The summed E-state index contributed by atoms with van der Waals surface area (Å²) in [5.74, 6) is -1.64. The predicted octanol–water partition coefficient (Wildman–Crippen LogP) is 6.06. The molecule has 1 aromatic carbocycles. The summed E-state index contributed by atoms with van der Waals surface area (Å²) >= 11 is 20.0. The summed E-state index contributed by atoms with van der Waals surface area (Å²) in [4.78, 5) is 44.7. The molecule has 0 bridgehead atoms. The van der Waals surface area contributed by atoms with Crippen LogP contribution in [0.15, 0.2) is 57.9 Å². The van der Waals surface area contributed by atoms with E-state index in [1.165, 1.54) is 37.8 Å². The van der Waals surface area contributed by atoms with Gasteiger partial charge in [0, 0.05) is 11.1 Å². The number of thiazole rings is 1. The number of nitrogens with one attached hydrogen (secondary N) is 1. The molecule has 1 saturated heterocycles. The second-order valence-electron chi connectivity index (χ2n) is 7.95. The van der Waals surface area contributed by atoms with Crippen LogP contribution in [0.2, 0.25) is 0 Å². The first kappa shape index (κ1) is 28.5. The lowest BCUT2D eigenvalue weighted by Gasteiger charge is -2.46. The Hall–Kier alpha value is -1.47. The molecule has 1 aliphatic heterocycles. The molecule has 14 heteroatoms. The summed E-state index contributed by atoms with van der Waals surface area (Å²) in [6.07, 6.45) is 1.82. The molecule has 2 atom stereocenters. The first-order valence-electron chi connectivity index (χ1n) is 10.8. The van der Waals surface area contributed by atoms with Crippen LogP contribution in [0, 0.1) is 5.92 Å². The van der Waals surface area contributed by atoms with Gasteiger partial charge < -0.3 is 15.0 Å². The standard InChI is InChI=1S/C23H20Cl3N3O4S4/c1-13(10-27-17(30)9-14-5-4-8-34-14)19-20(32)29(11-18(31)33-12-23(24,25)26)21(19)36-37-22-28-15-6-2-3-7-16(15)35-22/h2-8,10,19,21H,9,11-12H2,1H3,(H,27,30). The average Bonchev–Trinajstić information content (AvgIpc) is 3.51. The number of amides is 2. The van der Waals surface area contributed by atoms with E-state index in [0.29, 0.717) is 5.57 Å². The molecule has 2 aromatic heterocycles. The highest BCUT2D eigenvalue weighted by Crippen LogP contribution is 2.48. The van der Waals surface area contributed by atoms with Crippen molar-refractivity contribution in [3.63, 3.8) is 0 Å². The highest BCUT2D eigenvalue weighted by atomic mass is 35.6. The van der Waals surface area contributed by atoms with Crippen LogP contribution in [-0.2, 0) is 25.5 Å². The third kappa shape index (κ3) is 7.78. The van der Waals surface area contributed by atoms with Crippen molar-refractivity contribution in [2.45, 2.75) is 26.9 Å². The molecule has 0 saturated carbocycles. The number of ether oxygens (including phenoxy) is 1. The molecule has 0 spiro atoms. The van der Waals surface area contributed by atoms with Gasteiger partial charge in [0.05, 0.1) is 22.6 Å². The summed E-state index contributed by atoms with van der Waals surface area (Å²) in [7, 11) is 2.85. The summed E-state index contributed by atoms with van der Waals surface area (Å²) in [5, 5.41) is 4.29. The normalized spacial score (nSPS) is 18.1. The van der Waals surface area contributed by atoms with E-state index in [-0.39, 0.29) is 24.8 Å². The average molecular weight is 637 g/mol. The number of alkyl halides is 3. The van der Waals surface area contributed by atoms with E-state index in [9.17, 15) is 14.4 Å². The molecular formula is C23H20Cl3N3O4S4. The fourth-order valence-corrected chi connectivity index (χ4v) is 8.42. The van der Waals surface area contributed by atoms with E-state index in [0.717, 1.165) is 19.4 Å². The Morgan fingerprint density at radius 2 is 2.03 bits per heavy atom. The molecule has 196 valence electrons. The Balaban J connectivity index is 1.43. The SMILES string of the molecule is CC(=CNC(=O)Cc1cccs1)C1C(=O)N(CC(=O)OCC(Cl)(Cl)Cl)C1SSc1nc2ccccc2s1. The fourth-order valence-electron chi connectivity index (χ4n) is 3.45. The monoisotopic (exact) mass is 635 g/mol. The third-order valence-electron chi connectivity index (χ3n) is 5.20. The van der Waals surface area contributed by atoms with Crippen LogP contribution < -0.4 is 5.32 Å². The number of hydrogen-bond donors (Lipinski definition) is 1. The Labute approximate surface area is 244 Å². The van der Waals surface area contributed by atoms with E-state index in [4.69, 9.17) is 39.5 Å². The van der Waals surface area contributed by atoms with Crippen molar-refractivity contribution in [1.29, 1.82) is 0 Å². The number of likely N-dealkylation sites (tertiary alicyclic amines) is 1. The van der Waals surface area contributed by atoms with Crippen molar-refractivity contribution in [2.75, 3.05) is 13.2 Å². The Bertz CT molecular complexity index is 1280. The highest BCUT2D eigenvalue weighted by Gasteiger charge is 2.49. The number of halogens is 3. The maximum Gasteiger partial charge on any atom is 0.325 e. The minimum atomic E-state index is -1.74. The van der Waals surface area contributed by atoms with Crippen LogP contribution in [0.25, 0.3) is 10.2 Å². The fraction of sp³-hybridized carbons (Fsp3) is 0.304. The first-order valence-corrected chi connectivity index (χ1v) is 15.8. The molecule has 7 nitrogen and oxygen atoms in total. The van der Waals surface area contributed by atoms with Gasteiger partial charge >= 0.3 is 5.97 Å². The number of nitrogens with zero attached hydrogens (tertiary/aromatic N) is 2. The van der Waals surface area contributed by atoms with Gasteiger partial charge in [-0.3, -0.25) is 14.4 Å². The van der Waals surface area contributed by atoms with Crippen LogP contribution >= 0.6 is 79.1 Å². The van der Waals surface area contributed by atoms with Crippen molar-refractivity contribution in [3.05, 3.63) is 58.4 Å². The molecule has 3 heterocycles. The number of carbonyl (C=O) groups is 3. The minimum Gasteiger partial charge on any atom is -0.460 e. The molecule has 1 N–H and O–H groups in total. The number of rotatable bonds is 10. The Morgan fingerprint density at radius 1 is 1.24 bits per heavy atom. The second kappa shape index (κ2) is 12.6. The maximum absolute atomic E-state index is 13.1. The van der Waals surface area contributed by atoms with Gasteiger partial charge in [-0.05, 0) is 46.9 Å². The Morgan fingerprint density at radius 3 is 2.73 bits per heavy atom. The number of para-hydroxylation sites is 1. The van der Waals surface area contributed by atoms with Crippen molar-refractivity contribution >= 4 is 107 Å². The molecule has 1 fully saturated rings. The molecule has 37 heavy (non-hydrogen) atoms. The number of esters is 1. The summed E-state index contributed by atoms with van der Waals surface area (Å²) in [6, 6.07) is 11.6. The summed E-state index contributed by atoms with van der Waals surface area (Å²) in [6.45, 7) is 1.07. The van der Waals surface area contributed by atoms with E-state index in [1.807, 2.05) is 41.8 Å². The smallest absolute Gasteiger partial charge is 0.325 e. The number of aromatic nitrogens is 1. The van der Waals surface area contributed by atoms with Crippen molar-refractivity contribution in [3.8, 4) is 0 Å². The zero-order valence-corrected chi connectivity index (χ0v) is 24.7. The third-order valence-corrected chi connectivity index (χ3v) is 10.5. The zero-order valence-electron chi connectivity index (χ0n) is 19.2. The van der Waals surface area contributed by atoms with Gasteiger partial charge in [0.15, 0.2) is 4.34 Å². The number of β-lactam (4-membered cyclic amide) rings is 1. The van der Waals surface area contributed by atoms with Crippen molar-refractivity contribution < 1.29 is 19.1 Å². The number of carbonyl (C=O) groups excluding carboxylic acids is 3. The second-order valence-corrected chi connectivity index (χ2v) is 15.1. The van der Waals surface area contributed by atoms with E-state index in [2.05, 4.69) is 10.3 Å². The lowest BCUT2D eigenvalue weighted by molar-refractivity contribution is -0.158. The molecule has 3 aromatic rings. The molecule has 2 unspecified atom stereocenters. The van der Waals surface area contributed by atoms with Gasteiger partial charge in [-0.25, -0.2) is 4.98 Å². The number of fused-ring (bicyclic) bond motifs is 1. The van der Waals surface area contributed by atoms with Crippen molar-refractivity contribution in [1.82, 2.24) is 15.2 Å². The van der Waals surface area contributed by atoms with Crippen LogP contribution in [0.3, 0.4) is 0 Å².